The topological polar surface area (TPSA) is 15.6 Å². The Morgan fingerprint density at radius 3 is 2.11 bits per heavy atom. The summed E-state index contributed by atoms with van der Waals surface area (Å²) in [6, 6.07) is 0. The maximum atomic E-state index is 4.43. The van der Waals surface area contributed by atoms with E-state index in [1.807, 2.05) is 0 Å². The molecule has 0 unspecified atom stereocenters. The summed E-state index contributed by atoms with van der Waals surface area (Å²) in [5.41, 5.74) is 0. The van der Waals surface area contributed by atoms with Gasteiger partial charge in [-0.2, -0.15) is 0 Å². The Hall–Kier alpha value is -0.137. The molecule has 2 heterocycles. The summed E-state index contributed by atoms with van der Waals surface area (Å²) < 4.78 is 0. The van der Waals surface area contributed by atoms with Crippen molar-refractivity contribution in [3.05, 3.63) is 24.3 Å². The zero-order valence-electron chi connectivity index (χ0n) is 10.5. The van der Waals surface area contributed by atoms with Crippen LogP contribution in [-0.4, -0.2) is 30.4 Å². The average molecular weight is 355 g/mol. The fraction of sp³-hybridized carbons (Fsp3) is 0.643. The Balaban J connectivity index is 0.000000165. The molecule has 0 aromatic heterocycles. The van der Waals surface area contributed by atoms with E-state index in [9.17, 15) is 0 Å². The second-order valence-electron chi connectivity index (χ2n) is 5.08. The molecule has 1 saturated heterocycles. The third kappa shape index (κ3) is 3.68. The van der Waals surface area contributed by atoms with Gasteiger partial charge in [0.1, 0.15) is 0 Å². The minimum absolute atomic E-state index is 0. The molecule has 1 fully saturated rings. The van der Waals surface area contributed by atoms with Crippen molar-refractivity contribution in [2.24, 2.45) is 16.8 Å². The number of hydrogen-bond acceptors (Lipinski definition) is 2. The maximum Gasteiger partial charge on any atom is 0.0989 e. The summed E-state index contributed by atoms with van der Waals surface area (Å²) in [6.45, 7) is 3.60. The van der Waals surface area contributed by atoms with E-state index in [0.717, 1.165) is 18.4 Å². The van der Waals surface area contributed by atoms with Crippen molar-refractivity contribution in [2.75, 3.05) is 19.6 Å². The quantitative estimate of drug-likeness (QED) is 0.428. The van der Waals surface area contributed by atoms with Gasteiger partial charge >= 0.3 is 0 Å². The number of rotatable bonds is 0. The van der Waals surface area contributed by atoms with Crippen molar-refractivity contribution in [3.8, 4) is 0 Å². The van der Waals surface area contributed by atoms with Gasteiger partial charge < -0.3 is 17.3 Å². The summed E-state index contributed by atoms with van der Waals surface area (Å²) in [6.07, 6.45) is 14.4. The molecule has 2 aliphatic carbocycles. The fourth-order valence-corrected chi connectivity index (χ4v) is 2.93. The normalized spacial score (nSPS) is 29.8. The minimum Gasteiger partial charge on any atom is -1.00 e. The number of nitrogens with zero attached hydrogens (tertiary/aromatic N) is 2. The molecule has 18 heavy (non-hydrogen) atoms. The van der Waals surface area contributed by atoms with E-state index < -0.39 is 0 Å². The van der Waals surface area contributed by atoms with Gasteiger partial charge in [0.15, 0.2) is 0 Å². The molecular formula is C14H20ClN2Rh-. The van der Waals surface area contributed by atoms with Gasteiger partial charge in [0.2, 0.25) is 0 Å². The van der Waals surface area contributed by atoms with Crippen molar-refractivity contribution in [1.82, 2.24) is 4.90 Å². The van der Waals surface area contributed by atoms with Crippen LogP contribution in [0, 0.1) is 11.8 Å². The number of halogens is 1. The summed E-state index contributed by atoms with van der Waals surface area (Å²) >= 11 is 0. The van der Waals surface area contributed by atoms with E-state index in [2.05, 4.69) is 34.2 Å². The molecule has 0 saturated carbocycles. The molecule has 0 atom stereocenters. The van der Waals surface area contributed by atoms with Crippen LogP contribution in [0.5, 0.6) is 0 Å². The minimum atomic E-state index is 0. The van der Waals surface area contributed by atoms with E-state index in [-0.39, 0.29) is 31.9 Å². The van der Waals surface area contributed by atoms with E-state index in [1.54, 1.807) is 0 Å². The third-order valence-corrected chi connectivity index (χ3v) is 3.83. The molecular weight excluding hydrogens is 335 g/mol. The molecule has 0 N–H and O–H groups in total. The molecule has 0 aromatic rings. The molecule has 0 aromatic carbocycles. The first-order valence-corrected chi connectivity index (χ1v) is 6.57. The van der Waals surface area contributed by atoms with Crippen molar-refractivity contribution >= 4 is 5.84 Å². The van der Waals surface area contributed by atoms with Gasteiger partial charge in [0.25, 0.3) is 0 Å². The van der Waals surface area contributed by atoms with Gasteiger partial charge in [-0.25, -0.2) is 0 Å². The monoisotopic (exact) mass is 354 g/mol. The van der Waals surface area contributed by atoms with Crippen molar-refractivity contribution < 1.29 is 31.9 Å². The molecule has 4 rings (SSSR count). The van der Waals surface area contributed by atoms with Crippen LogP contribution in [-0.2, 0) is 19.5 Å². The molecule has 103 valence electrons. The summed E-state index contributed by atoms with van der Waals surface area (Å²) in [5, 5.41) is 0. The molecule has 2 aliphatic heterocycles. The molecule has 2 nitrogen and oxygen atoms in total. The van der Waals surface area contributed by atoms with E-state index in [4.69, 9.17) is 0 Å². The Labute approximate surface area is 129 Å². The number of amidine groups is 1. The van der Waals surface area contributed by atoms with Crippen LogP contribution in [0.15, 0.2) is 29.3 Å². The second kappa shape index (κ2) is 7.45. The Morgan fingerprint density at radius 1 is 1.00 bits per heavy atom. The first-order chi connectivity index (χ1) is 7.92. The molecule has 4 aliphatic rings. The standard InChI is InChI=1S/C7H12N2.C7H8.ClH.Rh/c1-3-7-8-4-2-6-9(7)5-1;1-2-7-4-3-6(1)5-7;;/h1-6H2;1-4,6-7H,5H2;1H;/p-1. The SMILES string of the molecule is C1=CC2C=CC1C2.C1CN=C2CCCN2C1.[Cl-].[Rh]. The smallest absolute Gasteiger partial charge is 0.0989 e. The predicted molar refractivity (Wildman–Crippen MR) is 67.6 cm³/mol. The number of aliphatic imine (C=N–C) groups is 1. The van der Waals surface area contributed by atoms with Crippen molar-refractivity contribution in [1.29, 1.82) is 0 Å². The molecule has 0 spiro atoms. The summed E-state index contributed by atoms with van der Waals surface area (Å²) in [5.74, 6) is 3.00. The van der Waals surface area contributed by atoms with Gasteiger partial charge in [-0.3, -0.25) is 4.99 Å². The van der Waals surface area contributed by atoms with Crippen LogP contribution in [0.1, 0.15) is 25.7 Å². The van der Waals surface area contributed by atoms with Crippen LogP contribution >= 0.6 is 0 Å². The van der Waals surface area contributed by atoms with E-state index in [0.29, 0.717) is 0 Å². The van der Waals surface area contributed by atoms with Crippen LogP contribution in [0.4, 0.5) is 0 Å². The Kier molecular flexibility index (Phi) is 6.59. The van der Waals surface area contributed by atoms with E-state index in [1.165, 1.54) is 44.6 Å². The van der Waals surface area contributed by atoms with Crippen LogP contribution < -0.4 is 12.4 Å². The summed E-state index contributed by atoms with van der Waals surface area (Å²) in [4.78, 5) is 6.85. The van der Waals surface area contributed by atoms with Crippen molar-refractivity contribution in [3.63, 3.8) is 0 Å². The van der Waals surface area contributed by atoms with Gasteiger partial charge in [-0.1, -0.05) is 24.3 Å². The Morgan fingerprint density at radius 2 is 1.61 bits per heavy atom. The van der Waals surface area contributed by atoms with Gasteiger partial charge in [0, 0.05) is 45.5 Å². The first-order valence-electron chi connectivity index (χ1n) is 6.57. The third-order valence-electron chi connectivity index (χ3n) is 3.83. The number of fused-ring (bicyclic) bond motifs is 3. The maximum absolute atomic E-state index is 4.43. The largest absolute Gasteiger partial charge is 1.00 e. The van der Waals surface area contributed by atoms with Gasteiger partial charge in [-0.15, -0.1) is 0 Å². The molecule has 4 heteroatoms. The zero-order valence-corrected chi connectivity index (χ0v) is 12.9. The first kappa shape index (κ1) is 15.9. The molecule has 1 radical (unpaired) electrons. The zero-order chi connectivity index (χ0) is 10.8. The van der Waals surface area contributed by atoms with E-state index >= 15 is 0 Å². The second-order valence-corrected chi connectivity index (χ2v) is 5.08. The predicted octanol–water partition coefficient (Wildman–Crippen LogP) is -0.366. The molecule has 2 bridgehead atoms. The number of allylic oxidation sites excluding steroid dienone is 4. The summed E-state index contributed by atoms with van der Waals surface area (Å²) in [7, 11) is 0. The van der Waals surface area contributed by atoms with Gasteiger partial charge in [0.05, 0.1) is 5.84 Å². The van der Waals surface area contributed by atoms with Crippen LogP contribution in [0.2, 0.25) is 0 Å². The fourth-order valence-electron chi connectivity index (χ4n) is 2.93. The average Bonchev–Trinajstić information content (AvgIpc) is 3.07. The number of hydrogen-bond donors (Lipinski definition) is 0. The van der Waals surface area contributed by atoms with Crippen molar-refractivity contribution in [2.45, 2.75) is 25.7 Å². The Bertz CT molecular complexity index is 324. The van der Waals surface area contributed by atoms with Crippen LogP contribution in [0.3, 0.4) is 0 Å². The molecule has 0 amide bonds. The van der Waals surface area contributed by atoms with Gasteiger partial charge in [-0.05, 0) is 31.1 Å². The van der Waals surface area contributed by atoms with Crippen LogP contribution in [0.25, 0.3) is 0 Å².